The number of cyclic esters (lactones) is 1. The summed E-state index contributed by atoms with van der Waals surface area (Å²) in [6, 6.07) is 19.2. The molecular weight excluding hydrogens is 889 g/mol. The summed E-state index contributed by atoms with van der Waals surface area (Å²) >= 11 is 1.22. The number of carbonyl (C=O) groups is 7. The zero-order chi connectivity index (χ0) is 48.4. The Morgan fingerprint density at radius 2 is 1.36 bits per heavy atom. The zero-order valence-corrected chi connectivity index (χ0v) is 39.0. The van der Waals surface area contributed by atoms with Crippen molar-refractivity contribution >= 4 is 58.5 Å². The number of hydrogen-bond acceptors (Lipinski definition) is 17. The number of aromatic nitrogens is 1. The van der Waals surface area contributed by atoms with Crippen LogP contribution in [0.2, 0.25) is 0 Å². The third-order valence-corrected chi connectivity index (χ3v) is 11.7. The Balaban J connectivity index is 1.05. The summed E-state index contributed by atoms with van der Waals surface area (Å²) in [6.07, 6.45) is -1.35. The molecule has 0 aliphatic carbocycles. The van der Waals surface area contributed by atoms with Crippen LogP contribution in [0.4, 0.5) is 0 Å². The molecule has 2 fully saturated rings. The number of amides is 3. The first kappa shape index (κ1) is 46.5. The van der Waals surface area contributed by atoms with Crippen LogP contribution in [0.1, 0.15) is 111 Å². The van der Waals surface area contributed by atoms with Gasteiger partial charge in [-0.1, -0.05) is 65.8 Å². The van der Waals surface area contributed by atoms with Crippen LogP contribution < -0.4 is 9.47 Å². The van der Waals surface area contributed by atoms with Crippen LogP contribution in [0.15, 0.2) is 83.3 Å². The molecule has 5 heterocycles. The fraction of sp³-hybridized carbons (Fsp3) is 0.396. The van der Waals surface area contributed by atoms with Gasteiger partial charge in [0.1, 0.15) is 22.9 Å². The lowest BCUT2D eigenvalue weighted by molar-refractivity contribution is -0.263. The minimum atomic E-state index is -2.65. The van der Waals surface area contributed by atoms with Crippen LogP contribution in [0.3, 0.4) is 0 Å². The van der Waals surface area contributed by atoms with Gasteiger partial charge in [0.25, 0.3) is 17.7 Å². The lowest BCUT2D eigenvalue weighted by Crippen LogP contribution is -2.57. The molecule has 2 saturated heterocycles. The molecule has 67 heavy (non-hydrogen) atoms. The van der Waals surface area contributed by atoms with Gasteiger partial charge in [-0.3, -0.25) is 28.9 Å². The minimum Gasteiger partial charge on any atom is -0.457 e. The number of hydrogen-bond donors (Lipinski definition) is 0. The fourth-order valence-electron chi connectivity index (χ4n) is 7.79. The number of esters is 3. The molecule has 3 amide bonds. The van der Waals surface area contributed by atoms with Crippen LogP contribution in [0, 0.1) is 12.8 Å². The van der Waals surface area contributed by atoms with Gasteiger partial charge in [0, 0.05) is 22.9 Å². The van der Waals surface area contributed by atoms with E-state index in [9.17, 15) is 33.6 Å². The largest absolute Gasteiger partial charge is 0.457 e. The number of nitrogens with zero attached hydrogens (tertiary/aromatic N) is 4. The topological polar surface area (TPSA) is 216 Å². The molecule has 350 valence electrons. The molecule has 0 spiro atoms. The number of oxime groups is 1. The number of rotatable bonds is 12. The number of Topliss-reactive ketones (excluding diaryl/α,β-unsaturated/α-hetero) is 1. The molecule has 8 rings (SSSR count). The predicted octanol–water partition coefficient (Wildman–Crippen LogP) is 5.96. The highest BCUT2D eigenvalue weighted by molar-refractivity contribution is 7.09. The molecule has 19 heteroatoms. The molecule has 4 aromatic rings. The first-order chi connectivity index (χ1) is 31.4. The van der Waals surface area contributed by atoms with Crippen molar-refractivity contribution in [1.29, 1.82) is 0 Å². The first-order valence-corrected chi connectivity index (χ1v) is 22.2. The van der Waals surface area contributed by atoms with Crippen molar-refractivity contribution < 1.29 is 66.9 Å². The molecule has 1 unspecified atom stereocenters. The van der Waals surface area contributed by atoms with E-state index in [2.05, 4.69) is 10.1 Å². The van der Waals surface area contributed by atoms with Gasteiger partial charge in [-0.05, 0) is 74.4 Å². The summed E-state index contributed by atoms with van der Waals surface area (Å²) in [5, 5.41) is 6.71. The van der Waals surface area contributed by atoms with Crippen LogP contribution in [-0.4, -0.2) is 97.2 Å². The molecule has 0 radical (unpaired) electrons. The second-order valence-corrected chi connectivity index (χ2v) is 19.9. The van der Waals surface area contributed by atoms with Crippen molar-refractivity contribution in [2.24, 2.45) is 11.1 Å². The second-order valence-electron chi connectivity index (χ2n) is 18.9. The maximum atomic E-state index is 14.3. The zero-order valence-electron chi connectivity index (χ0n) is 38.2. The number of carbonyl (C=O) groups excluding carboxylic acids is 7. The molecule has 0 bridgehead atoms. The Morgan fingerprint density at radius 3 is 1.87 bits per heavy atom. The van der Waals surface area contributed by atoms with Gasteiger partial charge in [0.15, 0.2) is 23.0 Å². The van der Waals surface area contributed by atoms with E-state index in [0.717, 1.165) is 0 Å². The van der Waals surface area contributed by atoms with E-state index in [1.54, 1.807) is 53.8 Å². The summed E-state index contributed by atoms with van der Waals surface area (Å²) in [7, 11) is 0. The van der Waals surface area contributed by atoms with Crippen LogP contribution in [-0.2, 0) is 53.6 Å². The molecule has 3 atom stereocenters. The lowest BCUT2D eigenvalue weighted by Gasteiger charge is -2.35. The number of thiazole rings is 1. The molecule has 4 aliphatic rings. The van der Waals surface area contributed by atoms with Gasteiger partial charge >= 0.3 is 29.4 Å². The predicted molar refractivity (Wildman–Crippen MR) is 235 cm³/mol. The van der Waals surface area contributed by atoms with E-state index in [1.165, 1.54) is 37.3 Å². The van der Waals surface area contributed by atoms with Crippen molar-refractivity contribution in [3.05, 3.63) is 111 Å². The van der Waals surface area contributed by atoms with E-state index in [1.807, 2.05) is 60.7 Å². The molecule has 4 aliphatic heterocycles. The van der Waals surface area contributed by atoms with Gasteiger partial charge in [0.05, 0.1) is 35.1 Å². The highest BCUT2D eigenvalue weighted by Gasteiger charge is 2.66. The quantitative estimate of drug-likeness (QED) is 0.0526. The Bertz CT molecular complexity index is 2650. The van der Waals surface area contributed by atoms with Gasteiger partial charge in [0.2, 0.25) is 5.60 Å². The number of ether oxygens (including phenoxy) is 5. The third-order valence-electron chi connectivity index (χ3n) is 10.9. The maximum Gasteiger partial charge on any atom is 0.375 e. The third kappa shape index (κ3) is 8.64. The van der Waals surface area contributed by atoms with Crippen molar-refractivity contribution in [3.63, 3.8) is 0 Å². The number of aryl methyl sites for hydroxylation is 1. The van der Waals surface area contributed by atoms with E-state index in [-0.39, 0.29) is 34.0 Å². The smallest absolute Gasteiger partial charge is 0.375 e. The Labute approximate surface area is 389 Å². The van der Waals surface area contributed by atoms with Crippen molar-refractivity contribution in [2.45, 2.75) is 110 Å². The van der Waals surface area contributed by atoms with Gasteiger partial charge in [-0.25, -0.2) is 19.4 Å². The standard InChI is InChI=1S/C48H48N4O14S/c1-26-49-32(25-67-26)37(50-66-46(8,9)42(58)64-44(2,3)4)34(53)20-27-24-60-52(38(27)54)47(43(59)65-45(5,6)7)23-33(41(57)63-47)51-39(55)30-21-35-36(22-31(30)40(51)56)62-48(61-35,28-16-12-10-13-17-28)29-18-14-11-15-19-29/h10-19,21-22,25,27,33H,20,23-24H2,1-9H3/b50-37-/t27-,33-,47?/m0/s1. The number of benzene rings is 3. The number of fused-ring (bicyclic) bond motifs is 2. The van der Waals surface area contributed by atoms with Crippen molar-refractivity contribution in [1.82, 2.24) is 14.9 Å². The highest BCUT2D eigenvalue weighted by Crippen LogP contribution is 2.50. The molecule has 18 nitrogen and oxygen atoms in total. The van der Waals surface area contributed by atoms with Gasteiger partial charge in [-0.15, -0.1) is 11.3 Å². The average Bonchev–Trinajstić information content (AvgIpc) is 4.07. The van der Waals surface area contributed by atoms with E-state index < -0.39 is 101 Å². The van der Waals surface area contributed by atoms with Crippen molar-refractivity contribution in [3.8, 4) is 11.5 Å². The van der Waals surface area contributed by atoms with E-state index >= 15 is 0 Å². The summed E-state index contributed by atoms with van der Waals surface area (Å²) in [5.41, 5.74) is -5.45. The van der Waals surface area contributed by atoms with E-state index in [0.29, 0.717) is 26.1 Å². The highest BCUT2D eigenvalue weighted by atomic mass is 32.1. The monoisotopic (exact) mass is 936 g/mol. The summed E-state index contributed by atoms with van der Waals surface area (Å²) < 4.78 is 29.9. The SMILES string of the molecule is Cc1nc(/C(=N/OC(C)(C)C(=O)OC(C)(C)C)C(=O)C[C@H]2CON(C3(C(=O)OC(C)(C)C)C[C@H](N4C(=O)c5cc6c(cc5C4=O)OC(c4ccccc4)(c4ccccc4)O6)C(=O)O3)C2=O)cs1. The summed E-state index contributed by atoms with van der Waals surface area (Å²) in [5.74, 6) is -9.12. The number of imide groups is 1. The second kappa shape index (κ2) is 16.7. The summed E-state index contributed by atoms with van der Waals surface area (Å²) in [4.78, 5) is 115. The normalized spacial score (nSPS) is 21.4. The average molecular weight is 937 g/mol. The van der Waals surface area contributed by atoms with Crippen LogP contribution in [0.5, 0.6) is 11.5 Å². The van der Waals surface area contributed by atoms with Crippen molar-refractivity contribution in [2.75, 3.05) is 6.61 Å². The van der Waals surface area contributed by atoms with E-state index in [4.69, 9.17) is 33.4 Å². The number of hydroxylamine groups is 2. The summed E-state index contributed by atoms with van der Waals surface area (Å²) in [6.45, 7) is 13.8. The number of ketones is 1. The Kier molecular flexibility index (Phi) is 11.6. The molecule has 0 N–H and O–H groups in total. The van der Waals surface area contributed by atoms with Gasteiger partial charge in [-0.2, -0.15) is 5.06 Å². The van der Waals surface area contributed by atoms with Crippen LogP contribution in [0.25, 0.3) is 0 Å². The molecular formula is C48H48N4O14S. The minimum absolute atomic E-state index is 0.106. The van der Waals surface area contributed by atoms with Crippen LogP contribution >= 0.6 is 11.3 Å². The first-order valence-electron chi connectivity index (χ1n) is 21.4. The Hall–Kier alpha value is -6.99. The maximum absolute atomic E-state index is 14.3. The lowest BCUT2D eigenvalue weighted by atomic mass is 9.97. The molecule has 3 aromatic carbocycles. The molecule has 0 saturated carbocycles. The fourth-order valence-corrected chi connectivity index (χ4v) is 8.39. The van der Waals surface area contributed by atoms with Gasteiger partial charge < -0.3 is 28.5 Å². The Morgan fingerprint density at radius 1 is 0.806 bits per heavy atom. The molecule has 1 aromatic heterocycles.